The van der Waals surface area contributed by atoms with Crippen LogP contribution in [0.3, 0.4) is 0 Å². The number of rotatable bonds is 9. The normalized spacial score (nSPS) is 33.7. The monoisotopic (exact) mass is 642 g/mol. The van der Waals surface area contributed by atoms with Gasteiger partial charge in [-0.2, -0.15) is 0 Å². The van der Waals surface area contributed by atoms with Gasteiger partial charge in [0, 0.05) is 23.4 Å². The molecule has 1 aromatic carbocycles. The molecule has 1 aromatic heterocycles. The maximum Gasteiger partial charge on any atom is 0.344 e. The molecule has 0 N–H and O–H groups in total. The molecule has 0 bridgehead atoms. The van der Waals surface area contributed by atoms with Gasteiger partial charge in [-0.25, -0.2) is 9.59 Å². The number of carbonyl (C=O) groups excluding carboxylic acids is 1. The van der Waals surface area contributed by atoms with Crippen LogP contribution in [0.25, 0.3) is 11.0 Å². The summed E-state index contributed by atoms with van der Waals surface area (Å²) in [6, 6.07) is 5.57. The second-order valence-electron chi connectivity index (χ2n) is 17.1. The molecule has 7 rings (SSSR count). The number of allylic oxidation sites excluding steroid dienone is 1. The van der Waals surface area contributed by atoms with Crippen molar-refractivity contribution < 1.29 is 18.7 Å². The average Bonchev–Trinajstić information content (AvgIpc) is 3.41. The predicted molar refractivity (Wildman–Crippen MR) is 188 cm³/mol. The van der Waals surface area contributed by atoms with Crippen molar-refractivity contribution in [2.75, 3.05) is 6.61 Å². The van der Waals surface area contributed by atoms with E-state index in [1.54, 1.807) is 6.07 Å². The van der Waals surface area contributed by atoms with Crippen LogP contribution in [-0.2, 0) is 22.4 Å². The van der Waals surface area contributed by atoms with Gasteiger partial charge in [0.2, 0.25) is 0 Å². The highest BCUT2D eigenvalue weighted by Crippen LogP contribution is 2.67. The molecule has 5 aliphatic rings. The highest BCUT2D eigenvalue weighted by molar-refractivity contribution is 5.83. The van der Waals surface area contributed by atoms with Crippen LogP contribution in [0.4, 0.5) is 0 Å². The lowest BCUT2D eigenvalue weighted by Gasteiger charge is -2.58. The highest BCUT2D eigenvalue weighted by Gasteiger charge is 2.59. The minimum Gasteiger partial charge on any atom is -0.482 e. The lowest BCUT2D eigenvalue weighted by Crippen LogP contribution is -2.51. The molecular formula is C42H58O5. The van der Waals surface area contributed by atoms with Gasteiger partial charge in [-0.3, -0.25) is 0 Å². The van der Waals surface area contributed by atoms with Crippen molar-refractivity contribution in [2.45, 2.75) is 137 Å². The molecule has 0 aliphatic heterocycles. The van der Waals surface area contributed by atoms with Gasteiger partial charge in [0.05, 0.1) is 0 Å². The van der Waals surface area contributed by atoms with Crippen molar-refractivity contribution >= 4 is 16.9 Å². The first-order chi connectivity index (χ1) is 22.6. The molecule has 5 aliphatic carbocycles. The maximum absolute atomic E-state index is 13.0. The zero-order valence-corrected chi connectivity index (χ0v) is 29.7. The second kappa shape index (κ2) is 13.0. The Kier molecular flexibility index (Phi) is 9.15. The number of hydrogen-bond acceptors (Lipinski definition) is 5. The maximum atomic E-state index is 13.0. The zero-order chi connectivity index (χ0) is 32.9. The standard InChI is InChI=1S/C42H58O5/c1-26(2)9-8-10-27(3)35-17-18-36-34-15-13-28-23-30(19-21-41(28,4)37(34)20-22-42(35,36)5)46-39(43)25-45-29-14-16-32-31-11-6-7-12-33(31)40(44)47-38(32)24-29/h13-14,16,24,26-27,30,34-37H,6-12,15,17-23,25H2,1-5H3/t27-,30+,34+,35-,36-,37-,41+,42-/m1/s1. The van der Waals surface area contributed by atoms with E-state index in [4.69, 9.17) is 13.9 Å². The Morgan fingerprint density at radius 1 is 0.979 bits per heavy atom. The fourth-order valence-electron chi connectivity index (χ4n) is 11.6. The van der Waals surface area contributed by atoms with Crippen molar-refractivity contribution in [1.82, 2.24) is 0 Å². The van der Waals surface area contributed by atoms with Gasteiger partial charge in [0.1, 0.15) is 17.4 Å². The van der Waals surface area contributed by atoms with E-state index in [0.717, 1.165) is 97.0 Å². The Balaban J connectivity index is 0.953. The van der Waals surface area contributed by atoms with Gasteiger partial charge in [-0.05, 0) is 135 Å². The van der Waals surface area contributed by atoms with Crippen LogP contribution in [0.1, 0.15) is 129 Å². The van der Waals surface area contributed by atoms with Gasteiger partial charge < -0.3 is 13.9 Å². The van der Waals surface area contributed by atoms with E-state index in [1.807, 2.05) is 12.1 Å². The molecule has 0 saturated heterocycles. The molecule has 1 heterocycles. The van der Waals surface area contributed by atoms with Crippen molar-refractivity contribution in [3.05, 3.63) is 51.4 Å². The van der Waals surface area contributed by atoms with E-state index in [-0.39, 0.29) is 29.7 Å². The number of aryl methyl sites for hydroxylation is 1. The van der Waals surface area contributed by atoms with Crippen LogP contribution >= 0.6 is 0 Å². The minimum absolute atomic E-state index is 0.0838. The third kappa shape index (κ3) is 6.12. The Bertz CT molecular complexity index is 1570. The van der Waals surface area contributed by atoms with Crippen LogP contribution in [0.15, 0.2) is 39.1 Å². The largest absolute Gasteiger partial charge is 0.482 e. The molecular weight excluding hydrogens is 584 g/mol. The first kappa shape index (κ1) is 33.0. The molecule has 0 amide bonds. The minimum atomic E-state index is -0.326. The van der Waals surface area contributed by atoms with Crippen LogP contribution in [0, 0.1) is 46.3 Å². The summed E-state index contributed by atoms with van der Waals surface area (Å²) >= 11 is 0. The lowest BCUT2D eigenvalue weighted by molar-refractivity contribution is -0.153. The third-order valence-corrected chi connectivity index (χ3v) is 14.1. The molecule has 256 valence electrons. The van der Waals surface area contributed by atoms with E-state index < -0.39 is 0 Å². The summed E-state index contributed by atoms with van der Waals surface area (Å²) in [6.07, 6.45) is 20.1. The number of hydrogen-bond donors (Lipinski definition) is 0. The molecule has 5 heteroatoms. The molecule has 3 saturated carbocycles. The second-order valence-corrected chi connectivity index (χ2v) is 17.1. The summed E-state index contributed by atoms with van der Waals surface area (Å²) in [5.74, 6) is 5.15. The Morgan fingerprint density at radius 2 is 1.79 bits per heavy atom. The quantitative estimate of drug-likeness (QED) is 0.155. The summed E-state index contributed by atoms with van der Waals surface area (Å²) in [7, 11) is 0. The summed E-state index contributed by atoms with van der Waals surface area (Å²) < 4.78 is 17.5. The lowest BCUT2D eigenvalue weighted by atomic mass is 9.47. The van der Waals surface area contributed by atoms with E-state index in [2.05, 4.69) is 40.7 Å². The summed E-state index contributed by atoms with van der Waals surface area (Å²) in [5, 5.41) is 0.976. The van der Waals surface area contributed by atoms with Crippen molar-refractivity contribution in [2.24, 2.45) is 46.3 Å². The zero-order valence-electron chi connectivity index (χ0n) is 29.7. The third-order valence-electron chi connectivity index (χ3n) is 14.1. The number of benzene rings is 1. The Morgan fingerprint density at radius 3 is 2.60 bits per heavy atom. The van der Waals surface area contributed by atoms with E-state index in [0.29, 0.717) is 16.7 Å². The first-order valence-corrected chi connectivity index (χ1v) is 19.2. The number of carbonyl (C=O) groups is 1. The molecule has 0 spiro atoms. The van der Waals surface area contributed by atoms with Gasteiger partial charge >= 0.3 is 11.6 Å². The van der Waals surface area contributed by atoms with Crippen molar-refractivity contribution in [3.8, 4) is 5.75 Å². The summed E-state index contributed by atoms with van der Waals surface area (Å²) in [5.41, 5.74) is 4.49. The fraction of sp³-hybridized carbons (Fsp3) is 0.714. The van der Waals surface area contributed by atoms with Gasteiger partial charge in [0.25, 0.3) is 0 Å². The molecule has 2 aromatic rings. The molecule has 47 heavy (non-hydrogen) atoms. The molecule has 3 fully saturated rings. The molecule has 8 atom stereocenters. The van der Waals surface area contributed by atoms with E-state index >= 15 is 0 Å². The number of ether oxygens (including phenoxy) is 2. The number of fused-ring (bicyclic) bond motifs is 8. The van der Waals surface area contributed by atoms with Gasteiger partial charge in [0.15, 0.2) is 6.61 Å². The fourth-order valence-corrected chi connectivity index (χ4v) is 11.6. The summed E-state index contributed by atoms with van der Waals surface area (Å²) in [4.78, 5) is 25.5. The average molecular weight is 643 g/mol. The van der Waals surface area contributed by atoms with Gasteiger partial charge in [-0.15, -0.1) is 0 Å². The van der Waals surface area contributed by atoms with Crippen molar-refractivity contribution in [3.63, 3.8) is 0 Å². The van der Waals surface area contributed by atoms with Crippen LogP contribution in [0.2, 0.25) is 0 Å². The molecule has 0 unspecified atom stereocenters. The van der Waals surface area contributed by atoms with Crippen LogP contribution in [0.5, 0.6) is 5.75 Å². The van der Waals surface area contributed by atoms with Gasteiger partial charge in [-0.1, -0.05) is 65.5 Å². The van der Waals surface area contributed by atoms with E-state index in [9.17, 15) is 9.59 Å². The SMILES string of the molecule is CC(C)CCC[C@@H](C)[C@H]1CC[C@@H]2[C@@H]3CC=C4C[C@@H](OC(=O)COc5ccc6c7c(c(=O)oc6c5)CCCC7)CC[C@]4(C)[C@@H]3CC[C@@]21C. The predicted octanol–water partition coefficient (Wildman–Crippen LogP) is 10.0. The summed E-state index contributed by atoms with van der Waals surface area (Å²) in [6.45, 7) is 12.3. The van der Waals surface area contributed by atoms with E-state index in [1.165, 1.54) is 56.9 Å². The Labute approximate surface area is 282 Å². The highest BCUT2D eigenvalue weighted by atomic mass is 16.6. The Hall–Kier alpha value is -2.56. The van der Waals surface area contributed by atoms with Crippen LogP contribution in [-0.4, -0.2) is 18.7 Å². The molecule has 5 nitrogen and oxygen atoms in total. The smallest absolute Gasteiger partial charge is 0.344 e. The van der Waals surface area contributed by atoms with Crippen LogP contribution < -0.4 is 10.4 Å². The number of esters is 1. The first-order valence-electron chi connectivity index (χ1n) is 19.2. The van der Waals surface area contributed by atoms with Crippen molar-refractivity contribution in [1.29, 1.82) is 0 Å². The topological polar surface area (TPSA) is 65.7 Å². The molecule has 0 radical (unpaired) electrons.